The van der Waals surface area contributed by atoms with Gasteiger partial charge in [-0.2, -0.15) is 0 Å². The lowest BCUT2D eigenvalue weighted by molar-refractivity contribution is -0.142. The number of carbonyl (C=O) groups excluding carboxylic acids is 1. The van der Waals surface area contributed by atoms with E-state index in [2.05, 4.69) is 19.9 Å². The van der Waals surface area contributed by atoms with E-state index in [4.69, 9.17) is 4.74 Å². The Hall–Kier alpha value is -0.790. The monoisotopic (exact) mass is 226 g/mol. The molecule has 0 aromatic heterocycles. The summed E-state index contributed by atoms with van der Waals surface area (Å²) >= 11 is 0. The summed E-state index contributed by atoms with van der Waals surface area (Å²) in [5, 5.41) is 0. The molecule has 0 saturated carbocycles. The number of hydrogen-bond donors (Lipinski definition) is 0. The molecule has 0 heterocycles. The predicted octanol–water partition coefficient (Wildman–Crippen LogP) is 4.25. The number of hydrogen-bond acceptors (Lipinski definition) is 2. The molecule has 94 valence electrons. The first-order valence-corrected chi connectivity index (χ1v) is 6.61. The fourth-order valence-electron chi connectivity index (χ4n) is 1.43. The average molecular weight is 226 g/mol. The molecule has 0 fully saturated rings. The molecule has 2 nitrogen and oxygen atoms in total. The second kappa shape index (κ2) is 12.3. The maximum atomic E-state index is 11.2. The van der Waals surface area contributed by atoms with Crippen LogP contribution in [0.25, 0.3) is 0 Å². The SMILES string of the molecule is CCCCCC=CCOC(=O)CCCCC. The van der Waals surface area contributed by atoms with Crippen molar-refractivity contribution >= 4 is 5.97 Å². The Kier molecular flexibility index (Phi) is 11.7. The Bertz CT molecular complexity index is 185. The smallest absolute Gasteiger partial charge is 0.306 e. The van der Waals surface area contributed by atoms with Crippen molar-refractivity contribution in [1.82, 2.24) is 0 Å². The van der Waals surface area contributed by atoms with E-state index in [-0.39, 0.29) is 5.97 Å². The fourth-order valence-corrected chi connectivity index (χ4v) is 1.43. The predicted molar refractivity (Wildman–Crippen MR) is 68.4 cm³/mol. The lowest BCUT2D eigenvalue weighted by atomic mass is 10.2. The van der Waals surface area contributed by atoms with Gasteiger partial charge in [0.2, 0.25) is 0 Å². The number of carbonyl (C=O) groups is 1. The summed E-state index contributed by atoms with van der Waals surface area (Å²) in [6.07, 6.45) is 12.7. The number of esters is 1. The van der Waals surface area contributed by atoms with E-state index in [0.29, 0.717) is 13.0 Å². The third kappa shape index (κ3) is 11.3. The van der Waals surface area contributed by atoms with E-state index in [1.165, 1.54) is 19.3 Å². The Balaban J connectivity index is 3.26. The molecule has 0 spiro atoms. The highest BCUT2D eigenvalue weighted by Gasteiger charge is 1.99. The topological polar surface area (TPSA) is 26.3 Å². The van der Waals surface area contributed by atoms with Crippen LogP contribution >= 0.6 is 0 Å². The van der Waals surface area contributed by atoms with E-state index >= 15 is 0 Å². The Morgan fingerprint density at radius 1 is 1.00 bits per heavy atom. The molecule has 0 aliphatic heterocycles. The average Bonchev–Trinajstić information content (AvgIpc) is 2.28. The van der Waals surface area contributed by atoms with E-state index in [0.717, 1.165) is 25.7 Å². The fraction of sp³-hybridized carbons (Fsp3) is 0.786. The molecule has 0 atom stereocenters. The van der Waals surface area contributed by atoms with E-state index in [1.54, 1.807) is 0 Å². The molecule has 0 aromatic carbocycles. The third-order valence-electron chi connectivity index (χ3n) is 2.47. The number of ether oxygens (including phenoxy) is 1. The second-order valence-electron chi connectivity index (χ2n) is 4.11. The molecule has 0 aromatic rings. The van der Waals surface area contributed by atoms with Crippen LogP contribution < -0.4 is 0 Å². The van der Waals surface area contributed by atoms with Crippen LogP contribution in [0.3, 0.4) is 0 Å². The first-order chi connectivity index (χ1) is 7.81. The van der Waals surface area contributed by atoms with Crippen molar-refractivity contribution in [2.45, 2.75) is 65.2 Å². The highest BCUT2D eigenvalue weighted by Crippen LogP contribution is 2.01. The molecule has 0 saturated heterocycles. The second-order valence-corrected chi connectivity index (χ2v) is 4.11. The van der Waals surface area contributed by atoms with Crippen molar-refractivity contribution < 1.29 is 9.53 Å². The zero-order chi connectivity index (χ0) is 12.1. The van der Waals surface area contributed by atoms with Crippen LogP contribution in [0.4, 0.5) is 0 Å². The van der Waals surface area contributed by atoms with E-state index in [9.17, 15) is 4.79 Å². The molecule has 0 bridgehead atoms. The lowest BCUT2D eigenvalue weighted by Crippen LogP contribution is -2.03. The standard InChI is InChI=1S/C14H26O2/c1-3-5-7-8-9-11-13-16-14(15)12-10-6-4-2/h9,11H,3-8,10,12-13H2,1-2H3. The third-order valence-corrected chi connectivity index (χ3v) is 2.47. The number of rotatable bonds is 10. The number of unbranched alkanes of at least 4 members (excludes halogenated alkanes) is 5. The van der Waals surface area contributed by atoms with Crippen LogP contribution in [0, 0.1) is 0 Å². The summed E-state index contributed by atoms with van der Waals surface area (Å²) in [5.74, 6) is -0.0633. The molecule has 2 heteroatoms. The normalized spacial score (nSPS) is 10.9. The van der Waals surface area contributed by atoms with Gasteiger partial charge in [0.1, 0.15) is 6.61 Å². The first kappa shape index (κ1) is 15.2. The molecule has 0 rings (SSSR count). The van der Waals surface area contributed by atoms with Crippen molar-refractivity contribution in [2.24, 2.45) is 0 Å². The molecule has 0 amide bonds. The summed E-state index contributed by atoms with van der Waals surface area (Å²) in [5.41, 5.74) is 0. The van der Waals surface area contributed by atoms with Crippen LogP contribution in [0.5, 0.6) is 0 Å². The highest BCUT2D eigenvalue weighted by molar-refractivity contribution is 5.69. The maximum Gasteiger partial charge on any atom is 0.306 e. The summed E-state index contributed by atoms with van der Waals surface area (Å²) < 4.78 is 5.07. The lowest BCUT2D eigenvalue weighted by Gasteiger charge is -2.00. The Labute approximate surface area is 100 Å². The van der Waals surface area contributed by atoms with Crippen LogP contribution in [0.2, 0.25) is 0 Å². The Morgan fingerprint density at radius 2 is 1.69 bits per heavy atom. The summed E-state index contributed by atoms with van der Waals surface area (Å²) in [7, 11) is 0. The molecular formula is C14H26O2. The molecule has 16 heavy (non-hydrogen) atoms. The first-order valence-electron chi connectivity index (χ1n) is 6.61. The molecule has 0 N–H and O–H groups in total. The zero-order valence-electron chi connectivity index (χ0n) is 10.8. The van der Waals surface area contributed by atoms with Gasteiger partial charge in [0, 0.05) is 6.42 Å². The maximum absolute atomic E-state index is 11.2. The summed E-state index contributed by atoms with van der Waals surface area (Å²) in [6, 6.07) is 0. The van der Waals surface area contributed by atoms with Crippen LogP contribution in [0.1, 0.15) is 65.2 Å². The minimum absolute atomic E-state index is 0.0633. The largest absolute Gasteiger partial charge is 0.461 e. The van der Waals surface area contributed by atoms with Crippen molar-refractivity contribution in [3.05, 3.63) is 12.2 Å². The van der Waals surface area contributed by atoms with Crippen LogP contribution in [-0.4, -0.2) is 12.6 Å². The molecule has 0 unspecified atom stereocenters. The van der Waals surface area contributed by atoms with E-state index < -0.39 is 0 Å². The van der Waals surface area contributed by atoms with Gasteiger partial charge in [-0.05, 0) is 19.3 Å². The van der Waals surface area contributed by atoms with Crippen molar-refractivity contribution in [1.29, 1.82) is 0 Å². The molecule has 0 aliphatic rings. The summed E-state index contributed by atoms with van der Waals surface area (Å²) in [6.45, 7) is 4.77. The highest BCUT2D eigenvalue weighted by atomic mass is 16.5. The molecule has 0 radical (unpaired) electrons. The van der Waals surface area contributed by atoms with Crippen molar-refractivity contribution in [2.75, 3.05) is 6.61 Å². The van der Waals surface area contributed by atoms with Gasteiger partial charge in [0.15, 0.2) is 0 Å². The van der Waals surface area contributed by atoms with Gasteiger partial charge in [-0.15, -0.1) is 0 Å². The quantitative estimate of drug-likeness (QED) is 0.316. The minimum atomic E-state index is -0.0633. The minimum Gasteiger partial charge on any atom is -0.461 e. The van der Waals surface area contributed by atoms with E-state index in [1.807, 2.05) is 6.08 Å². The van der Waals surface area contributed by atoms with Crippen molar-refractivity contribution in [3.8, 4) is 0 Å². The molecule has 0 aliphatic carbocycles. The van der Waals surface area contributed by atoms with Gasteiger partial charge >= 0.3 is 5.97 Å². The molecular weight excluding hydrogens is 200 g/mol. The van der Waals surface area contributed by atoms with Gasteiger partial charge in [0.05, 0.1) is 0 Å². The van der Waals surface area contributed by atoms with Gasteiger partial charge in [-0.1, -0.05) is 51.7 Å². The van der Waals surface area contributed by atoms with Gasteiger partial charge in [0.25, 0.3) is 0 Å². The van der Waals surface area contributed by atoms with Crippen LogP contribution in [0.15, 0.2) is 12.2 Å². The van der Waals surface area contributed by atoms with Gasteiger partial charge in [-0.3, -0.25) is 4.79 Å². The van der Waals surface area contributed by atoms with Crippen molar-refractivity contribution in [3.63, 3.8) is 0 Å². The van der Waals surface area contributed by atoms with Gasteiger partial charge in [-0.25, -0.2) is 0 Å². The summed E-state index contributed by atoms with van der Waals surface area (Å²) in [4.78, 5) is 11.2. The number of allylic oxidation sites excluding steroid dienone is 1. The van der Waals surface area contributed by atoms with Crippen LogP contribution in [-0.2, 0) is 9.53 Å². The zero-order valence-corrected chi connectivity index (χ0v) is 10.8. The van der Waals surface area contributed by atoms with Gasteiger partial charge < -0.3 is 4.74 Å². The Morgan fingerprint density at radius 3 is 2.38 bits per heavy atom.